The van der Waals surface area contributed by atoms with Gasteiger partial charge in [-0.2, -0.15) is 0 Å². The molecule has 1 aromatic carbocycles. The van der Waals surface area contributed by atoms with Crippen molar-refractivity contribution in [1.82, 2.24) is 5.43 Å². The van der Waals surface area contributed by atoms with Crippen LogP contribution in [0.2, 0.25) is 5.02 Å². The minimum atomic E-state index is 0.500. The summed E-state index contributed by atoms with van der Waals surface area (Å²) in [6.45, 7) is 2.57. The SMILES string of the molecule is CCN=C(NN)Nc1cccc(Cl)c1Br. The van der Waals surface area contributed by atoms with E-state index in [4.69, 9.17) is 17.4 Å². The summed E-state index contributed by atoms with van der Waals surface area (Å²) >= 11 is 9.31. The van der Waals surface area contributed by atoms with E-state index in [9.17, 15) is 0 Å². The predicted octanol–water partition coefficient (Wildman–Crippen LogP) is 2.35. The average molecular weight is 292 g/mol. The van der Waals surface area contributed by atoms with Crippen molar-refractivity contribution in [3.63, 3.8) is 0 Å². The van der Waals surface area contributed by atoms with Gasteiger partial charge in [-0.05, 0) is 35.0 Å². The van der Waals surface area contributed by atoms with Gasteiger partial charge in [-0.1, -0.05) is 17.7 Å². The lowest BCUT2D eigenvalue weighted by molar-refractivity contribution is 0.986. The van der Waals surface area contributed by atoms with E-state index < -0.39 is 0 Å². The highest BCUT2D eigenvalue weighted by atomic mass is 79.9. The number of aliphatic imine (C=N–C) groups is 1. The average Bonchev–Trinajstić information content (AvgIpc) is 2.24. The normalized spacial score (nSPS) is 11.3. The third-order valence-corrected chi connectivity index (χ3v) is 3.06. The number of rotatable bonds is 2. The van der Waals surface area contributed by atoms with Crippen LogP contribution in [0.1, 0.15) is 6.92 Å². The van der Waals surface area contributed by atoms with E-state index in [0.29, 0.717) is 17.5 Å². The minimum Gasteiger partial charge on any atom is -0.324 e. The van der Waals surface area contributed by atoms with Gasteiger partial charge in [0.05, 0.1) is 15.2 Å². The van der Waals surface area contributed by atoms with Gasteiger partial charge in [0, 0.05) is 6.54 Å². The number of guanidine groups is 1. The van der Waals surface area contributed by atoms with E-state index in [0.717, 1.165) is 10.2 Å². The maximum Gasteiger partial charge on any atom is 0.210 e. The third kappa shape index (κ3) is 3.37. The van der Waals surface area contributed by atoms with E-state index in [1.54, 1.807) is 6.07 Å². The second kappa shape index (κ2) is 5.95. The molecule has 0 aliphatic rings. The molecule has 0 saturated carbocycles. The van der Waals surface area contributed by atoms with Crippen LogP contribution in [0.4, 0.5) is 5.69 Å². The molecular weight excluding hydrogens is 279 g/mol. The molecule has 1 aromatic rings. The van der Waals surface area contributed by atoms with Gasteiger partial charge < -0.3 is 5.32 Å². The topological polar surface area (TPSA) is 62.4 Å². The molecule has 1 rings (SSSR count). The zero-order chi connectivity index (χ0) is 11.3. The molecule has 0 spiro atoms. The number of benzene rings is 1. The van der Waals surface area contributed by atoms with Crippen LogP contribution in [0.15, 0.2) is 27.7 Å². The number of hydrogen-bond acceptors (Lipinski definition) is 2. The van der Waals surface area contributed by atoms with Crippen molar-refractivity contribution in [2.45, 2.75) is 6.92 Å². The fraction of sp³-hybridized carbons (Fsp3) is 0.222. The fourth-order valence-corrected chi connectivity index (χ4v) is 1.55. The Kier molecular flexibility index (Phi) is 4.87. The molecule has 0 aromatic heterocycles. The molecule has 4 N–H and O–H groups in total. The number of nitrogens with zero attached hydrogens (tertiary/aromatic N) is 1. The van der Waals surface area contributed by atoms with Crippen molar-refractivity contribution < 1.29 is 0 Å². The molecule has 0 heterocycles. The van der Waals surface area contributed by atoms with Crippen LogP contribution in [-0.2, 0) is 0 Å². The quantitative estimate of drug-likeness (QED) is 0.339. The van der Waals surface area contributed by atoms with Crippen molar-refractivity contribution in [2.75, 3.05) is 11.9 Å². The highest BCUT2D eigenvalue weighted by Gasteiger charge is 2.04. The number of hydrogen-bond donors (Lipinski definition) is 3. The zero-order valence-corrected chi connectivity index (χ0v) is 10.6. The first kappa shape index (κ1) is 12.3. The van der Waals surface area contributed by atoms with Crippen molar-refractivity contribution >= 4 is 39.2 Å². The van der Waals surface area contributed by atoms with E-state index in [2.05, 4.69) is 31.7 Å². The Hall–Kier alpha value is -0.780. The van der Waals surface area contributed by atoms with Gasteiger partial charge in [-0.25, -0.2) is 5.84 Å². The number of anilines is 1. The predicted molar refractivity (Wildman–Crippen MR) is 68.1 cm³/mol. The number of hydrazine groups is 1. The molecule has 0 bridgehead atoms. The van der Waals surface area contributed by atoms with E-state index in [1.165, 1.54) is 0 Å². The molecule has 0 amide bonds. The van der Waals surface area contributed by atoms with Crippen LogP contribution in [0, 0.1) is 0 Å². The Morgan fingerprint density at radius 3 is 2.93 bits per heavy atom. The third-order valence-electron chi connectivity index (χ3n) is 1.66. The van der Waals surface area contributed by atoms with Gasteiger partial charge in [0.2, 0.25) is 5.96 Å². The standard InChI is InChI=1S/C9H12BrClN4/c1-2-13-9(15-12)14-7-5-3-4-6(11)8(7)10/h3-5H,2,12H2,1H3,(H2,13,14,15). The highest BCUT2D eigenvalue weighted by molar-refractivity contribution is 9.10. The molecule has 0 fully saturated rings. The number of nitrogens with one attached hydrogen (secondary N) is 2. The second-order valence-electron chi connectivity index (χ2n) is 2.69. The molecule has 15 heavy (non-hydrogen) atoms. The summed E-state index contributed by atoms with van der Waals surface area (Å²) in [5.41, 5.74) is 3.29. The molecule has 4 nitrogen and oxygen atoms in total. The Labute approximate surface area is 102 Å². The summed E-state index contributed by atoms with van der Waals surface area (Å²) in [6.07, 6.45) is 0. The maximum absolute atomic E-state index is 5.94. The zero-order valence-electron chi connectivity index (χ0n) is 8.22. The lowest BCUT2D eigenvalue weighted by Crippen LogP contribution is -2.36. The second-order valence-corrected chi connectivity index (χ2v) is 3.89. The molecule has 0 radical (unpaired) electrons. The van der Waals surface area contributed by atoms with Crippen molar-refractivity contribution in [3.05, 3.63) is 27.7 Å². The van der Waals surface area contributed by atoms with Gasteiger partial charge in [0.1, 0.15) is 0 Å². The lowest BCUT2D eigenvalue weighted by Gasteiger charge is -2.10. The van der Waals surface area contributed by atoms with Gasteiger partial charge in [-0.15, -0.1) is 0 Å². The Bertz CT molecular complexity index is 367. The molecule has 0 atom stereocenters. The first-order valence-electron chi connectivity index (χ1n) is 4.41. The van der Waals surface area contributed by atoms with E-state index in [-0.39, 0.29) is 0 Å². The largest absolute Gasteiger partial charge is 0.324 e. The summed E-state index contributed by atoms with van der Waals surface area (Å²) in [4.78, 5) is 4.11. The Morgan fingerprint density at radius 2 is 2.33 bits per heavy atom. The number of halogens is 2. The summed E-state index contributed by atoms with van der Waals surface area (Å²) in [6, 6.07) is 5.51. The van der Waals surface area contributed by atoms with Gasteiger partial charge in [0.15, 0.2) is 0 Å². The fourth-order valence-electron chi connectivity index (χ4n) is 1.01. The molecule has 0 aliphatic carbocycles. The van der Waals surface area contributed by atoms with Crippen molar-refractivity contribution in [2.24, 2.45) is 10.8 Å². The molecule has 0 saturated heterocycles. The Balaban J connectivity index is 2.88. The minimum absolute atomic E-state index is 0.500. The first-order valence-corrected chi connectivity index (χ1v) is 5.58. The van der Waals surface area contributed by atoms with Gasteiger partial charge in [-0.3, -0.25) is 10.4 Å². The van der Waals surface area contributed by atoms with Crippen LogP contribution >= 0.6 is 27.5 Å². The Morgan fingerprint density at radius 1 is 1.60 bits per heavy atom. The van der Waals surface area contributed by atoms with Crippen molar-refractivity contribution in [1.29, 1.82) is 0 Å². The van der Waals surface area contributed by atoms with Crippen LogP contribution < -0.4 is 16.6 Å². The van der Waals surface area contributed by atoms with Crippen LogP contribution in [-0.4, -0.2) is 12.5 Å². The smallest absolute Gasteiger partial charge is 0.210 e. The highest BCUT2D eigenvalue weighted by Crippen LogP contribution is 2.29. The summed E-state index contributed by atoms with van der Waals surface area (Å²) < 4.78 is 0.783. The summed E-state index contributed by atoms with van der Waals surface area (Å²) in [5.74, 6) is 5.80. The molecule has 0 unspecified atom stereocenters. The molecular formula is C9H12BrClN4. The van der Waals surface area contributed by atoms with Crippen LogP contribution in [0.25, 0.3) is 0 Å². The number of nitrogens with two attached hydrogens (primary N) is 1. The van der Waals surface area contributed by atoms with E-state index in [1.807, 2.05) is 19.1 Å². The van der Waals surface area contributed by atoms with Gasteiger partial charge in [0.25, 0.3) is 0 Å². The molecule has 0 aliphatic heterocycles. The summed E-state index contributed by atoms with van der Waals surface area (Å²) in [5, 5.41) is 3.65. The van der Waals surface area contributed by atoms with Crippen LogP contribution in [0.5, 0.6) is 0 Å². The lowest BCUT2D eigenvalue weighted by atomic mass is 10.3. The molecule has 6 heteroatoms. The van der Waals surface area contributed by atoms with E-state index >= 15 is 0 Å². The van der Waals surface area contributed by atoms with Crippen LogP contribution in [0.3, 0.4) is 0 Å². The van der Waals surface area contributed by atoms with Crippen molar-refractivity contribution in [3.8, 4) is 0 Å². The first-order chi connectivity index (χ1) is 7.19. The summed E-state index contributed by atoms with van der Waals surface area (Å²) in [7, 11) is 0. The monoisotopic (exact) mass is 290 g/mol. The van der Waals surface area contributed by atoms with Gasteiger partial charge >= 0.3 is 0 Å². The maximum atomic E-state index is 5.94. The molecule has 82 valence electrons.